The van der Waals surface area contributed by atoms with Crippen LogP contribution in [0.3, 0.4) is 0 Å². The van der Waals surface area contributed by atoms with Gasteiger partial charge in [-0.25, -0.2) is 0 Å². The van der Waals surface area contributed by atoms with Crippen LogP contribution in [0.5, 0.6) is 0 Å². The fourth-order valence-corrected chi connectivity index (χ4v) is 2.50. The zero-order valence-electron chi connectivity index (χ0n) is 11.9. The summed E-state index contributed by atoms with van der Waals surface area (Å²) < 4.78 is 0. The van der Waals surface area contributed by atoms with Crippen LogP contribution in [-0.4, -0.2) is 10.2 Å². The standard InChI is InChI=1S/C17H19N3/c1-3-15(13-9-7-12(2)8-10-13)19-16-6-4-5-14-11-18-20-17(14)16/h4-11,15,19H,3H2,1-2H3,(H,18,20). The first-order valence-electron chi connectivity index (χ1n) is 7.03. The van der Waals surface area contributed by atoms with Crippen LogP contribution in [0.2, 0.25) is 0 Å². The van der Waals surface area contributed by atoms with Crippen LogP contribution in [-0.2, 0) is 0 Å². The SMILES string of the molecule is CCC(Nc1cccc2cn[nH]c12)c1ccc(C)cc1. The van der Waals surface area contributed by atoms with Gasteiger partial charge in [-0.3, -0.25) is 5.10 Å². The molecule has 0 radical (unpaired) electrons. The molecule has 3 heteroatoms. The number of hydrogen-bond acceptors (Lipinski definition) is 2. The van der Waals surface area contributed by atoms with Gasteiger partial charge in [-0.2, -0.15) is 5.10 Å². The highest BCUT2D eigenvalue weighted by atomic mass is 15.1. The summed E-state index contributed by atoms with van der Waals surface area (Å²) in [6.07, 6.45) is 2.89. The number of hydrogen-bond donors (Lipinski definition) is 2. The summed E-state index contributed by atoms with van der Waals surface area (Å²) in [4.78, 5) is 0. The lowest BCUT2D eigenvalue weighted by Gasteiger charge is -2.19. The number of aromatic nitrogens is 2. The Kier molecular flexibility index (Phi) is 3.42. The molecule has 1 heterocycles. The number of rotatable bonds is 4. The number of aromatic amines is 1. The van der Waals surface area contributed by atoms with Crippen molar-refractivity contribution >= 4 is 16.6 Å². The summed E-state index contributed by atoms with van der Waals surface area (Å²) in [5, 5.41) is 11.9. The van der Waals surface area contributed by atoms with Gasteiger partial charge in [-0.1, -0.05) is 48.9 Å². The molecule has 0 aliphatic carbocycles. The van der Waals surface area contributed by atoms with E-state index in [0.29, 0.717) is 6.04 Å². The van der Waals surface area contributed by atoms with Crippen molar-refractivity contribution in [2.75, 3.05) is 5.32 Å². The van der Waals surface area contributed by atoms with Crippen molar-refractivity contribution in [1.82, 2.24) is 10.2 Å². The highest BCUT2D eigenvalue weighted by Crippen LogP contribution is 2.27. The molecule has 3 aromatic rings. The number of nitrogens with one attached hydrogen (secondary N) is 2. The molecule has 3 nitrogen and oxygen atoms in total. The summed E-state index contributed by atoms with van der Waals surface area (Å²) in [6.45, 7) is 4.31. The van der Waals surface area contributed by atoms with E-state index in [1.165, 1.54) is 11.1 Å². The third-order valence-corrected chi connectivity index (χ3v) is 3.69. The van der Waals surface area contributed by atoms with Gasteiger partial charge in [0.05, 0.1) is 23.4 Å². The van der Waals surface area contributed by atoms with Gasteiger partial charge in [0.15, 0.2) is 0 Å². The molecule has 0 saturated heterocycles. The minimum absolute atomic E-state index is 0.310. The maximum atomic E-state index is 4.11. The van der Waals surface area contributed by atoms with E-state index in [0.717, 1.165) is 23.0 Å². The lowest BCUT2D eigenvalue weighted by Crippen LogP contribution is -2.10. The van der Waals surface area contributed by atoms with E-state index in [4.69, 9.17) is 0 Å². The van der Waals surface area contributed by atoms with Gasteiger partial charge >= 0.3 is 0 Å². The molecule has 0 saturated carbocycles. The fourth-order valence-electron chi connectivity index (χ4n) is 2.50. The van der Waals surface area contributed by atoms with E-state index in [1.54, 1.807) is 0 Å². The minimum Gasteiger partial charge on any atom is -0.377 e. The zero-order chi connectivity index (χ0) is 13.9. The van der Waals surface area contributed by atoms with E-state index in [-0.39, 0.29) is 0 Å². The van der Waals surface area contributed by atoms with E-state index >= 15 is 0 Å². The average Bonchev–Trinajstić information content (AvgIpc) is 2.95. The number of benzene rings is 2. The summed E-state index contributed by atoms with van der Waals surface area (Å²) >= 11 is 0. The fraction of sp³-hybridized carbons (Fsp3) is 0.235. The Bertz CT molecular complexity index is 698. The Labute approximate surface area is 119 Å². The second kappa shape index (κ2) is 5.37. The number of H-pyrrole nitrogens is 1. The molecule has 1 atom stereocenters. The van der Waals surface area contributed by atoms with Crippen LogP contribution < -0.4 is 5.32 Å². The number of nitrogens with zero attached hydrogens (tertiary/aromatic N) is 1. The minimum atomic E-state index is 0.310. The average molecular weight is 265 g/mol. The lowest BCUT2D eigenvalue weighted by molar-refractivity contribution is 0.750. The van der Waals surface area contributed by atoms with Crippen LogP contribution in [0.4, 0.5) is 5.69 Å². The molecule has 0 spiro atoms. The topological polar surface area (TPSA) is 40.7 Å². The first-order chi connectivity index (χ1) is 9.78. The van der Waals surface area contributed by atoms with Crippen LogP contribution in [0, 0.1) is 6.92 Å². The Hall–Kier alpha value is -2.29. The molecule has 0 aliphatic rings. The van der Waals surface area contributed by atoms with Crippen molar-refractivity contribution in [1.29, 1.82) is 0 Å². The van der Waals surface area contributed by atoms with Gasteiger partial charge in [0.25, 0.3) is 0 Å². The van der Waals surface area contributed by atoms with Gasteiger partial charge in [0, 0.05) is 5.39 Å². The second-order valence-electron chi connectivity index (χ2n) is 5.16. The van der Waals surface area contributed by atoms with Crippen molar-refractivity contribution in [2.24, 2.45) is 0 Å². The molecule has 0 fully saturated rings. The monoisotopic (exact) mass is 265 g/mol. The van der Waals surface area contributed by atoms with Crippen molar-refractivity contribution in [2.45, 2.75) is 26.3 Å². The van der Waals surface area contributed by atoms with Crippen molar-refractivity contribution < 1.29 is 0 Å². The predicted octanol–water partition coefficient (Wildman–Crippen LogP) is 4.43. The van der Waals surface area contributed by atoms with Gasteiger partial charge in [0.2, 0.25) is 0 Å². The lowest BCUT2D eigenvalue weighted by atomic mass is 10.0. The third-order valence-electron chi connectivity index (χ3n) is 3.69. The molecule has 20 heavy (non-hydrogen) atoms. The maximum Gasteiger partial charge on any atom is 0.0881 e. The third kappa shape index (κ3) is 2.39. The van der Waals surface area contributed by atoms with E-state index < -0.39 is 0 Å². The molecule has 0 amide bonds. The molecule has 0 bridgehead atoms. The highest BCUT2D eigenvalue weighted by molar-refractivity contribution is 5.90. The molecule has 2 aromatic carbocycles. The van der Waals surface area contributed by atoms with E-state index in [2.05, 4.69) is 71.8 Å². The number of anilines is 1. The van der Waals surface area contributed by atoms with Crippen LogP contribution >= 0.6 is 0 Å². The molecular formula is C17H19N3. The van der Waals surface area contributed by atoms with Crippen molar-refractivity contribution in [3.05, 3.63) is 59.8 Å². The van der Waals surface area contributed by atoms with Crippen LogP contribution in [0.1, 0.15) is 30.5 Å². The largest absolute Gasteiger partial charge is 0.377 e. The van der Waals surface area contributed by atoms with Crippen LogP contribution in [0.15, 0.2) is 48.7 Å². The highest BCUT2D eigenvalue weighted by Gasteiger charge is 2.11. The van der Waals surface area contributed by atoms with Gasteiger partial charge in [0.1, 0.15) is 0 Å². The second-order valence-corrected chi connectivity index (χ2v) is 5.16. The summed E-state index contributed by atoms with van der Waals surface area (Å²) in [5.74, 6) is 0. The number of aryl methyl sites for hydroxylation is 1. The van der Waals surface area contributed by atoms with Gasteiger partial charge in [-0.15, -0.1) is 0 Å². The van der Waals surface area contributed by atoms with Gasteiger partial charge in [-0.05, 0) is 25.0 Å². The Morgan fingerprint density at radius 3 is 2.70 bits per heavy atom. The Balaban J connectivity index is 1.91. The normalized spacial score (nSPS) is 12.5. The quantitative estimate of drug-likeness (QED) is 0.732. The van der Waals surface area contributed by atoms with E-state index in [1.807, 2.05) is 6.20 Å². The molecule has 102 valence electrons. The summed E-state index contributed by atoms with van der Waals surface area (Å²) in [5.41, 5.74) is 4.78. The zero-order valence-corrected chi connectivity index (χ0v) is 11.9. The smallest absolute Gasteiger partial charge is 0.0881 e. The van der Waals surface area contributed by atoms with Crippen LogP contribution in [0.25, 0.3) is 10.9 Å². The van der Waals surface area contributed by atoms with Crippen molar-refractivity contribution in [3.8, 4) is 0 Å². The molecule has 0 aliphatic heterocycles. The molecule has 3 rings (SSSR count). The van der Waals surface area contributed by atoms with E-state index in [9.17, 15) is 0 Å². The Morgan fingerprint density at radius 1 is 1.15 bits per heavy atom. The number of para-hydroxylation sites is 1. The maximum absolute atomic E-state index is 4.11. The first kappa shape index (κ1) is 12.7. The molecule has 1 unspecified atom stereocenters. The predicted molar refractivity (Wildman–Crippen MR) is 83.9 cm³/mol. The summed E-state index contributed by atoms with van der Waals surface area (Å²) in [6, 6.07) is 15.3. The first-order valence-corrected chi connectivity index (χ1v) is 7.03. The van der Waals surface area contributed by atoms with Crippen molar-refractivity contribution in [3.63, 3.8) is 0 Å². The molecular weight excluding hydrogens is 246 g/mol. The molecule has 1 aromatic heterocycles. The number of fused-ring (bicyclic) bond motifs is 1. The molecule has 2 N–H and O–H groups in total. The Morgan fingerprint density at radius 2 is 1.95 bits per heavy atom. The van der Waals surface area contributed by atoms with Gasteiger partial charge < -0.3 is 5.32 Å². The summed E-state index contributed by atoms with van der Waals surface area (Å²) in [7, 11) is 0.